The number of carboxylic acids is 1. The SMILES string of the molecule is CCc1nnc(SC(C)CC)c(C(=O)O)c1CC. The van der Waals surface area contributed by atoms with E-state index < -0.39 is 5.97 Å². The van der Waals surface area contributed by atoms with Gasteiger partial charge in [-0.05, 0) is 24.8 Å². The number of carbonyl (C=O) groups is 1. The van der Waals surface area contributed by atoms with Crippen LogP contribution in [0.15, 0.2) is 5.03 Å². The molecule has 0 saturated heterocycles. The van der Waals surface area contributed by atoms with Crippen LogP contribution in [-0.2, 0) is 12.8 Å². The van der Waals surface area contributed by atoms with Crippen molar-refractivity contribution in [3.05, 3.63) is 16.8 Å². The molecule has 18 heavy (non-hydrogen) atoms. The Kier molecular flexibility index (Phi) is 5.59. The zero-order chi connectivity index (χ0) is 13.7. The van der Waals surface area contributed by atoms with Crippen molar-refractivity contribution in [1.82, 2.24) is 10.2 Å². The molecule has 1 unspecified atom stereocenters. The molecule has 1 aromatic rings. The van der Waals surface area contributed by atoms with E-state index in [1.165, 1.54) is 11.8 Å². The minimum absolute atomic E-state index is 0.342. The van der Waals surface area contributed by atoms with Crippen molar-refractivity contribution in [2.24, 2.45) is 0 Å². The lowest BCUT2D eigenvalue weighted by Gasteiger charge is -2.14. The van der Waals surface area contributed by atoms with Crippen LogP contribution < -0.4 is 0 Å². The van der Waals surface area contributed by atoms with E-state index in [2.05, 4.69) is 24.0 Å². The van der Waals surface area contributed by atoms with Gasteiger partial charge in [0, 0.05) is 5.25 Å². The van der Waals surface area contributed by atoms with Crippen LogP contribution in [0.1, 0.15) is 55.7 Å². The summed E-state index contributed by atoms with van der Waals surface area (Å²) in [5, 5.41) is 18.6. The van der Waals surface area contributed by atoms with Gasteiger partial charge in [-0.1, -0.05) is 27.7 Å². The van der Waals surface area contributed by atoms with Gasteiger partial charge in [0.25, 0.3) is 0 Å². The summed E-state index contributed by atoms with van der Waals surface area (Å²) in [7, 11) is 0. The Bertz CT molecular complexity index is 435. The van der Waals surface area contributed by atoms with Crippen molar-refractivity contribution in [2.75, 3.05) is 0 Å². The van der Waals surface area contributed by atoms with Crippen molar-refractivity contribution < 1.29 is 9.90 Å². The zero-order valence-corrected chi connectivity index (χ0v) is 12.2. The summed E-state index contributed by atoms with van der Waals surface area (Å²) in [5.74, 6) is -0.901. The monoisotopic (exact) mass is 268 g/mol. The number of aromatic carboxylic acids is 1. The summed E-state index contributed by atoms with van der Waals surface area (Å²) in [5.41, 5.74) is 1.96. The Morgan fingerprint density at radius 3 is 2.39 bits per heavy atom. The maximum absolute atomic E-state index is 11.5. The van der Waals surface area contributed by atoms with E-state index in [1.807, 2.05) is 13.8 Å². The fraction of sp³-hybridized carbons (Fsp3) is 0.615. The first-order valence-corrected chi connectivity index (χ1v) is 7.21. The number of aromatic nitrogens is 2. The molecular formula is C13H20N2O2S. The molecule has 1 aromatic heterocycles. The second kappa shape index (κ2) is 6.73. The van der Waals surface area contributed by atoms with Gasteiger partial charge in [0.05, 0.1) is 11.3 Å². The molecule has 0 amide bonds. The number of carboxylic acid groups (broad SMARTS) is 1. The van der Waals surface area contributed by atoms with Crippen molar-refractivity contribution in [3.8, 4) is 0 Å². The van der Waals surface area contributed by atoms with Gasteiger partial charge in [-0.2, -0.15) is 5.10 Å². The van der Waals surface area contributed by atoms with Gasteiger partial charge in [0.2, 0.25) is 0 Å². The summed E-state index contributed by atoms with van der Waals surface area (Å²) in [6.45, 7) is 8.07. The van der Waals surface area contributed by atoms with Gasteiger partial charge in [-0.15, -0.1) is 16.9 Å². The van der Waals surface area contributed by atoms with Crippen molar-refractivity contribution in [1.29, 1.82) is 0 Å². The topological polar surface area (TPSA) is 63.1 Å². The predicted molar refractivity (Wildman–Crippen MR) is 73.4 cm³/mol. The van der Waals surface area contributed by atoms with Crippen LogP contribution in [0.4, 0.5) is 0 Å². The summed E-state index contributed by atoms with van der Waals surface area (Å²) in [4.78, 5) is 11.5. The van der Waals surface area contributed by atoms with Gasteiger partial charge < -0.3 is 5.11 Å². The average molecular weight is 268 g/mol. The summed E-state index contributed by atoms with van der Waals surface area (Å²) < 4.78 is 0. The first-order chi connectivity index (χ1) is 8.54. The third kappa shape index (κ3) is 3.22. The highest BCUT2D eigenvalue weighted by molar-refractivity contribution is 7.99. The standard InChI is InChI=1S/C13H20N2O2S/c1-5-8(4)18-12-11(13(16)17)9(6-2)10(7-3)14-15-12/h8H,5-7H2,1-4H3,(H,16,17). The molecule has 1 heterocycles. The van der Waals surface area contributed by atoms with E-state index in [1.54, 1.807) is 0 Å². The van der Waals surface area contributed by atoms with Crippen molar-refractivity contribution in [2.45, 2.75) is 57.2 Å². The van der Waals surface area contributed by atoms with E-state index in [-0.39, 0.29) is 0 Å². The Hall–Kier alpha value is -1.10. The van der Waals surface area contributed by atoms with E-state index in [0.29, 0.717) is 28.7 Å². The minimum atomic E-state index is -0.901. The van der Waals surface area contributed by atoms with E-state index in [0.717, 1.165) is 17.7 Å². The first kappa shape index (κ1) is 15.0. The smallest absolute Gasteiger partial charge is 0.338 e. The van der Waals surface area contributed by atoms with Crippen LogP contribution in [0.5, 0.6) is 0 Å². The van der Waals surface area contributed by atoms with Crippen molar-refractivity contribution >= 4 is 17.7 Å². The van der Waals surface area contributed by atoms with Crippen LogP contribution in [0.25, 0.3) is 0 Å². The lowest BCUT2D eigenvalue weighted by atomic mass is 10.0. The minimum Gasteiger partial charge on any atom is -0.478 e. The Labute approximate surface area is 112 Å². The number of nitrogens with zero attached hydrogens (tertiary/aromatic N) is 2. The van der Waals surface area contributed by atoms with Crippen LogP contribution in [0, 0.1) is 0 Å². The lowest BCUT2D eigenvalue weighted by molar-refractivity contribution is 0.0690. The summed E-state index contributed by atoms with van der Waals surface area (Å²) >= 11 is 1.49. The fourth-order valence-corrected chi connectivity index (χ4v) is 2.70. The molecule has 4 nitrogen and oxygen atoms in total. The molecule has 5 heteroatoms. The maximum atomic E-state index is 11.5. The third-order valence-electron chi connectivity index (χ3n) is 2.92. The molecule has 0 fully saturated rings. The Morgan fingerprint density at radius 1 is 1.28 bits per heavy atom. The van der Waals surface area contributed by atoms with Crippen LogP contribution in [-0.4, -0.2) is 26.5 Å². The van der Waals surface area contributed by atoms with Gasteiger partial charge in [-0.3, -0.25) is 0 Å². The largest absolute Gasteiger partial charge is 0.478 e. The molecule has 1 atom stereocenters. The third-order valence-corrected chi connectivity index (χ3v) is 4.16. The lowest BCUT2D eigenvalue weighted by Crippen LogP contribution is -2.12. The highest BCUT2D eigenvalue weighted by atomic mass is 32.2. The fourth-order valence-electron chi connectivity index (χ4n) is 1.73. The molecule has 0 aliphatic carbocycles. The van der Waals surface area contributed by atoms with Gasteiger partial charge in [0.1, 0.15) is 5.03 Å². The molecule has 100 valence electrons. The second-order valence-corrected chi connectivity index (χ2v) is 5.58. The van der Waals surface area contributed by atoms with E-state index >= 15 is 0 Å². The quantitative estimate of drug-likeness (QED) is 0.803. The van der Waals surface area contributed by atoms with Gasteiger partial charge in [0.15, 0.2) is 0 Å². The maximum Gasteiger partial charge on any atom is 0.338 e. The summed E-state index contributed by atoms with van der Waals surface area (Å²) in [6, 6.07) is 0. The molecule has 0 spiro atoms. The van der Waals surface area contributed by atoms with E-state index in [4.69, 9.17) is 0 Å². The van der Waals surface area contributed by atoms with Crippen LogP contribution in [0.3, 0.4) is 0 Å². The normalized spacial score (nSPS) is 12.4. The summed E-state index contributed by atoms with van der Waals surface area (Å²) in [6.07, 6.45) is 2.36. The second-order valence-electron chi connectivity index (χ2n) is 4.15. The van der Waals surface area contributed by atoms with Gasteiger partial charge in [-0.25, -0.2) is 4.79 Å². The van der Waals surface area contributed by atoms with Crippen LogP contribution >= 0.6 is 11.8 Å². The molecule has 0 saturated carbocycles. The number of aryl methyl sites for hydroxylation is 1. The molecule has 0 radical (unpaired) electrons. The predicted octanol–water partition coefficient (Wildman–Crippen LogP) is 3.19. The number of hydrogen-bond donors (Lipinski definition) is 1. The van der Waals surface area contributed by atoms with Crippen LogP contribution in [0.2, 0.25) is 0 Å². The zero-order valence-electron chi connectivity index (χ0n) is 11.4. The Balaban J connectivity index is 3.30. The van der Waals surface area contributed by atoms with Gasteiger partial charge >= 0.3 is 5.97 Å². The molecular weight excluding hydrogens is 248 g/mol. The average Bonchev–Trinajstić information content (AvgIpc) is 2.37. The number of hydrogen-bond acceptors (Lipinski definition) is 4. The molecule has 1 rings (SSSR count). The van der Waals surface area contributed by atoms with Crippen molar-refractivity contribution in [3.63, 3.8) is 0 Å². The number of thioether (sulfide) groups is 1. The molecule has 1 N–H and O–H groups in total. The number of rotatable bonds is 6. The highest BCUT2D eigenvalue weighted by Crippen LogP contribution is 2.29. The highest BCUT2D eigenvalue weighted by Gasteiger charge is 2.21. The molecule has 0 bridgehead atoms. The molecule has 0 aromatic carbocycles. The Morgan fingerprint density at radius 2 is 1.94 bits per heavy atom. The van der Waals surface area contributed by atoms with E-state index in [9.17, 15) is 9.90 Å². The first-order valence-electron chi connectivity index (χ1n) is 6.33. The molecule has 0 aliphatic rings. The molecule has 0 aliphatic heterocycles.